The van der Waals surface area contributed by atoms with E-state index in [1.807, 2.05) is 6.07 Å². The third-order valence-electron chi connectivity index (χ3n) is 5.51. The zero-order chi connectivity index (χ0) is 16.9. The van der Waals surface area contributed by atoms with Crippen molar-refractivity contribution in [3.05, 3.63) is 29.3 Å². The minimum atomic E-state index is -0.144. The Morgan fingerprint density at radius 1 is 1.21 bits per heavy atom. The topological polar surface area (TPSA) is 41.9 Å². The third-order valence-corrected chi connectivity index (χ3v) is 5.51. The van der Waals surface area contributed by atoms with Crippen molar-refractivity contribution in [2.45, 2.75) is 63.7 Å². The van der Waals surface area contributed by atoms with Crippen LogP contribution in [0.5, 0.6) is 5.75 Å². The fraction of sp³-hybridized carbons (Fsp3) is 0.700. The maximum Gasteiger partial charge on any atom is 0.121 e. The van der Waals surface area contributed by atoms with Crippen LogP contribution >= 0.6 is 0 Å². The number of methoxy groups -OCH3 is 1. The predicted molar refractivity (Wildman–Crippen MR) is 95.6 cm³/mol. The van der Waals surface area contributed by atoms with Gasteiger partial charge in [-0.25, -0.2) is 0 Å². The van der Waals surface area contributed by atoms with Crippen LogP contribution in [0.3, 0.4) is 0 Å². The van der Waals surface area contributed by atoms with Gasteiger partial charge in [-0.05, 0) is 49.8 Å². The number of ether oxygens (including phenoxy) is 2. The highest BCUT2D eigenvalue weighted by Crippen LogP contribution is 2.28. The van der Waals surface area contributed by atoms with Gasteiger partial charge in [-0.3, -0.25) is 4.90 Å². The Bertz CT molecular complexity index is 534. The van der Waals surface area contributed by atoms with E-state index in [-0.39, 0.29) is 6.10 Å². The summed E-state index contributed by atoms with van der Waals surface area (Å²) in [5.41, 5.74) is 2.48. The van der Waals surface area contributed by atoms with E-state index in [2.05, 4.69) is 24.0 Å². The minimum Gasteiger partial charge on any atom is -0.496 e. The van der Waals surface area contributed by atoms with Gasteiger partial charge in [0.1, 0.15) is 5.75 Å². The molecule has 1 unspecified atom stereocenters. The molecule has 24 heavy (non-hydrogen) atoms. The minimum absolute atomic E-state index is 0.144. The summed E-state index contributed by atoms with van der Waals surface area (Å²) >= 11 is 0. The molecule has 0 spiro atoms. The van der Waals surface area contributed by atoms with Crippen molar-refractivity contribution in [2.24, 2.45) is 0 Å². The number of hydrogen-bond donors (Lipinski definition) is 1. The predicted octanol–water partition coefficient (Wildman–Crippen LogP) is 2.94. The van der Waals surface area contributed by atoms with Crippen LogP contribution in [0.1, 0.15) is 43.2 Å². The van der Waals surface area contributed by atoms with Gasteiger partial charge < -0.3 is 14.6 Å². The summed E-state index contributed by atoms with van der Waals surface area (Å²) in [5, 5.41) is 9.82. The number of likely N-dealkylation sites (tertiary alicyclic amines) is 1. The summed E-state index contributed by atoms with van der Waals surface area (Å²) in [7, 11) is 1.71. The first-order valence-electron chi connectivity index (χ1n) is 9.34. The Balaban J connectivity index is 1.51. The summed E-state index contributed by atoms with van der Waals surface area (Å²) in [5.74, 6) is 0.944. The maximum atomic E-state index is 9.82. The molecular weight excluding hydrogens is 302 g/mol. The zero-order valence-corrected chi connectivity index (χ0v) is 15.0. The molecule has 0 amide bonds. The third kappa shape index (κ3) is 4.29. The summed E-state index contributed by atoms with van der Waals surface area (Å²) in [6.07, 6.45) is 6.94. The smallest absolute Gasteiger partial charge is 0.121 e. The Hall–Kier alpha value is -1.10. The van der Waals surface area contributed by atoms with E-state index in [9.17, 15) is 5.11 Å². The number of aliphatic hydroxyl groups excluding tert-OH is 1. The van der Waals surface area contributed by atoms with Gasteiger partial charge in [-0.2, -0.15) is 0 Å². The van der Waals surface area contributed by atoms with Crippen LogP contribution in [0, 0.1) is 6.92 Å². The molecule has 3 atom stereocenters. The molecular formula is C20H31NO3. The molecule has 0 bridgehead atoms. The molecule has 4 heteroatoms. The number of benzene rings is 1. The average molecular weight is 333 g/mol. The Morgan fingerprint density at radius 3 is 2.75 bits per heavy atom. The molecule has 1 N–H and O–H groups in total. The highest BCUT2D eigenvalue weighted by atomic mass is 16.5. The monoisotopic (exact) mass is 333 g/mol. The maximum absolute atomic E-state index is 9.82. The van der Waals surface area contributed by atoms with Gasteiger partial charge in [0.2, 0.25) is 0 Å². The van der Waals surface area contributed by atoms with Crippen molar-refractivity contribution in [2.75, 3.05) is 26.8 Å². The van der Waals surface area contributed by atoms with E-state index in [1.54, 1.807) is 7.11 Å². The van der Waals surface area contributed by atoms with Crippen LogP contribution < -0.4 is 4.74 Å². The van der Waals surface area contributed by atoms with Crippen molar-refractivity contribution >= 4 is 0 Å². The van der Waals surface area contributed by atoms with E-state index >= 15 is 0 Å². The van der Waals surface area contributed by atoms with Gasteiger partial charge in [-0.15, -0.1) is 0 Å². The normalized spacial score (nSPS) is 28.2. The van der Waals surface area contributed by atoms with Gasteiger partial charge >= 0.3 is 0 Å². The quantitative estimate of drug-likeness (QED) is 0.869. The molecule has 1 aromatic rings. The molecule has 1 aromatic carbocycles. The summed E-state index contributed by atoms with van der Waals surface area (Å²) in [6, 6.07) is 6.86. The fourth-order valence-corrected chi connectivity index (χ4v) is 4.18. The molecule has 1 saturated heterocycles. The average Bonchev–Trinajstić information content (AvgIpc) is 3.02. The molecule has 0 radical (unpaired) electrons. The van der Waals surface area contributed by atoms with Crippen molar-refractivity contribution in [3.63, 3.8) is 0 Å². The summed E-state index contributed by atoms with van der Waals surface area (Å²) in [6.45, 7) is 4.69. The molecule has 3 rings (SSSR count). The molecule has 2 aliphatic rings. The Morgan fingerprint density at radius 2 is 2.04 bits per heavy atom. The van der Waals surface area contributed by atoms with Crippen LogP contribution in [-0.4, -0.2) is 55.1 Å². The molecule has 2 fully saturated rings. The number of β-amino-alcohol motifs (C(OH)–C–C–N with tert-alkyl or cyclic N) is 1. The van der Waals surface area contributed by atoms with Gasteiger partial charge in [0.05, 0.1) is 25.9 Å². The van der Waals surface area contributed by atoms with E-state index in [4.69, 9.17) is 9.47 Å². The Labute approximate surface area is 145 Å². The standard InChI is InChI=1S/C20H31NO3/c1-15-13-16(7-8-19(15)23-2)10-12-24-20-6-4-3-5-18(20)21-11-9-17(22)14-21/h7-8,13,17-18,20,22H,3-6,9-12,14H2,1-2H3/t17-,18?,20+/m1/s1. The van der Waals surface area contributed by atoms with Crippen LogP contribution in [-0.2, 0) is 11.2 Å². The number of nitrogens with zero attached hydrogens (tertiary/aromatic N) is 1. The second-order valence-electron chi connectivity index (χ2n) is 7.25. The first-order chi connectivity index (χ1) is 11.7. The van der Waals surface area contributed by atoms with E-state index < -0.39 is 0 Å². The fourth-order valence-electron chi connectivity index (χ4n) is 4.18. The summed E-state index contributed by atoms with van der Waals surface area (Å²) in [4.78, 5) is 2.45. The van der Waals surface area contributed by atoms with Gasteiger partial charge in [0.25, 0.3) is 0 Å². The lowest BCUT2D eigenvalue weighted by molar-refractivity contribution is -0.0316. The second-order valence-corrected chi connectivity index (χ2v) is 7.25. The van der Waals surface area contributed by atoms with Crippen molar-refractivity contribution in [1.82, 2.24) is 4.90 Å². The molecule has 1 saturated carbocycles. The van der Waals surface area contributed by atoms with Crippen LogP contribution in [0.4, 0.5) is 0 Å². The number of aryl methyl sites for hydroxylation is 1. The molecule has 4 nitrogen and oxygen atoms in total. The lowest BCUT2D eigenvalue weighted by Gasteiger charge is -2.37. The highest BCUT2D eigenvalue weighted by Gasteiger charge is 2.34. The van der Waals surface area contributed by atoms with Crippen molar-refractivity contribution in [3.8, 4) is 5.75 Å². The molecule has 134 valence electrons. The van der Waals surface area contributed by atoms with Crippen molar-refractivity contribution in [1.29, 1.82) is 0 Å². The second kappa shape index (κ2) is 8.32. The van der Waals surface area contributed by atoms with Gasteiger partial charge in [0.15, 0.2) is 0 Å². The number of aliphatic hydroxyl groups is 1. The van der Waals surface area contributed by atoms with Crippen LogP contribution in [0.2, 0.25) is 0 Å². The van der Waals surface area contributed by atoms with E-state index in [0.29, 0.717) is 12.1 Å². The first-order valence-corrected chi connectivity index (χ1v) is 9.34. The molecule has 1 aliphatic heterocycles. The molecule has 1 heterocycles. The number of hydrogen-bond acceptors (Lipinski definition) is 4. The lowest BCUT2D eigenvalue weighted by atomic mass is 9.91. The SMILES string of the molecule is COc1ccc(CCO[C@H]2CCCCC2N2CC[C@@H](O)C2)cc1C. The zero-order valence-electron chi connectivity index (χ0n) is 15.0. The lowest BCUT2D eigenvalue weighted by Crippen LogP contribution is -2.46. The largest absolute Gasteiger partial charge is 0.496 e. The molecule has 0 aromatic heterocycles. The van der Waals surface area contributed by atoms with Gasteiger partial charge in [-0.1, -0.05) is 25.0 Å². The first kappa shape index (κ1) is 17.7. The number of rotatable bonds is 6. The van der Waals surface area contributed by atoms with Crippen molar-refractivity contribution < 1.29 is 14.6 Å². The molecule has 1 aliphatic carbocycles. The Kier molecular flexibility index (Phi) is 6.14. The van der Waals surface area contributed by atoms with Crippen LogP contribution in [0.15, 0.2) is 18.2 Å². The highest BCUT2D eigenvalue weighted by molar-refractivity contribution is 5.36. The van der Waals surface area contributed by atoms with Gasteiger partial charge in [0, 0.05) is 19.1 Å². The van der Waals surface area contributed by atoms with E-state index in [1.165, 1.54) is 30.4 Å². The summed E-state index contributed by atoms with van der Waals surface area (Å²) < 4.78 is 11.6. The van der Waals surface area contributed by atoms with Crippen LogP contribution in [0.25, 0.3) is 0 Å². The van der Waals surface area contributed by atoms with E-state index in [0.717, 1.165) is 44.7 Å².